The molecule has 0 aliphatic carbocycles. The van der Waals surface area contributed by atoms with E-state index >= 15 is 0 Å². The van der Waals surface area contributed by atoms with E-state index in [1.165, 1.54) is 4.88 Å². The summed E-state index contributed by atoms with van der Waals surface area (Å²) in [5.74, 6) is 0.0250. The molecule has 0 bridgehead atoms. The van der Waals surface area contributed by atoms with Crippen molar-refractivity contribution in [2.24, 2.45) is 0 Å². The largest absolute Gasteiger partial charge is 0.348 e. The van der Waals surface area contributed by atoms with Crippen molar-refractivity contribution in [3.63, 3.8) is 0 Å². The topological polar surface area (TPSA) is 32.3 Å². The molecule has 24 heavy (non-hydrogen) atoms. The van der Waals surface area contributed by atoms with Crippen LogP contribution in [0.15, 0.2) is 35.7 Å². The minimum absolute atomic E-state index is 0.0250. The first-order chi connectivity index (χ1) is 11.5. The van der Waals surface area contributed by atoms with Gasteiger partial charge < -0.3 is 5.32 Å². The summed E-state index contributed by atoms with van der Waals surface area (Å²) in [6.07, 6.45) is 2.25. The Balaban J connectivity index is 1.60. The van der Waals surface area contributed by atoms with E-state index in [1.54, 1.807) is 23.5 Å². The minimum atomic E-state index is -0.148. The highest BCUT2D eigenvalue weighted by molar-refractivity contribution is 7.10. The molecule has 1 aromatic heterocycles. The zero-order chi connectivity index (χ0) is 17.1. The number of nitrogens with one attached hydrogen (secondary N) is 1. The van der Waals surface area contributed by atoms with Gasteiger partial charge in [-0.25, -0.2) is 0 Å². The van der Waals surface area contributed by atoms with Crippen LogP contribution in [0.4, 0.5) is 0 Å². The summed E-state index contributed by atoms with van der Waals surface area (Å²) >= 11 is 13.9. The third-order valence-corrected chi connectivity index (χ3v) is 5.92. The molecular weight excluding hydrogens is 363 g/mol. The fourth-order valence-corrected chi connectivity index (χ4v) is 4.69. The number of rotatable bonds is 5. The summed E-state index contributed by atoms with van der Waals surface area (Å²) in [4.78, 5) is 16.1. The third kappa shape index (κ3) is 4.12. The van der Waals surface area contributed by atoms with Crippen molar-refractivity contribution in [1.82, 2.24) is 10.2 Å². The quantitative estimate of drug-likeness (QED) is 0.782. The van der Waals surface area contributed by atoms with Gasteiger partial charge >= 0.3 is 0 Å². The first-order valence-corrected chi connectivity index (χ1v) is 9.70. The fraction of sp³-hybridized carbons (Fsp3) is 0.389. The molecule has 3 nitrogen and oxygen atoms in total. The summed E-state index contributed by atoms with van der Waals surface area (Å²) in [6, 6.07) is 9.80. The Kier molecular flexibility index (Phi) is 5.82. The molecule has 6 heteroatoms. The number of hydrogen-bond donors (Lipinski definition) is 1. The van der Waals surface area contributed by atoms with Gasteiger partial charge in [-0.1, -0.05) is 35.3 Å². The summed E-state index contributed by atoms with van der Waals surface area (Å²) in [6.45, 7) is 3.32. The van der Waals surface area contributed by atoms with Crippen LogP contribution in [0.25, 0.3) is 0 Å². The minimum Gasteiger partial charge on any atom is -0.348 e. The zero-order valence-electron chi connectivity index (χ0n) is 13.5. The highest BCUT2D eigenvalue weighted by Gasteiger charge is 2.28. The van der Waals surface area contributed by atoms with Gasteiger partial charge in [0.2, 0.25) is 5.91 Å². The van der Waals surface area contributed by atoms with Crippen LogP contribution >= 0.6 is 34.5 Å². The summed E-state index contributed by atoms with van der Waals surface area (Å²) in [5, 5.41) is 6.31. The van der Waals surface area contributed by atoms with Gasteiger partial charge in [-0.05, 0) is 55.5 Å². The SMILES string of the molecule is C[C@H](NC(=O)CN1CCC[C@@H]1c1cccs1)c1ccc(Cl)cc1Cl. The van der Waals surface area contributed by atoms with Crippen LogP contribution in [0.3, 0.4) is 0 Å². The molecule has 128 valence electrons. The normalized spacial score (nSPS) is 19.4. The molecule has 0 unspecified atom stereocenters. The zero-order valence-corrected chi connectivity index (χ0v) is 15.8. The second-order valence-corrected chi connectivity index (χ2v) is 7.92. The fourth-order valence-electron chi connectivity index (χ4n) is 3.22. The van der Waals surface area contributed by atoms with Gasteiger partial charge in [0.1, 0.15) is 0 Å². The second kappa shape index (κ2) is 7.87. The molecule has 0 radical (unpaired) electrons. The lowest BCUT2D eigenvalue weighted by Gasteiger charge is -2.24. The molecule has 1 amide bonds. The number of likely N-dealkylation sites (tertiary alicyclic amines) is 1. The summed E-state index contributed by atoms with van der Waals surface area (Å²) in [5.41, 5.74) is 0.880. The van der Waals surface area contributed by atoms with Gasteiger partial charge in [0.15, 0.2) is 0 Å². The predicted molar refractivity (Wildman–Crippen MR) is 101 cm³/mol. The van der Waals surface area contributed by atoms with E-state index in [-0.39, 0.29) is 11.9 Å². The number of carbonyl (C=O) groups excluding carboxylic acids is 1. The lowest BCUT2D eigenvalue weighted by atomic mass is 10.1. The average molecular weight is 383 g/mol. The summed E-state index contributed by atoms with van der Waals surface area (Å²) in [7, 11) is 0. The van der Waals surface area contributed by atoms with Crippen LogP contribution in [-0.4, -0.2) is 23.9 Å². The molecule has 2 aromatic rings. The molecule has 2 heterocycles. The van der Waals surface area contributed by atoms with E-state index < -0.39 is 0 Å². The van der Waals surface area contributed by atoms with Crippen molar-refractivity contribution < 1.29 is 4.79 Å². The van der Waals surface area contributed by atoms with Crippen molar-refractivity contribution in [1.29, 1.82) is 0 Å². The van der Waals surface area contributed by atoms with Crippen LogP contribution < -0.4 is 5.32 Å². The van der Waals surface area contributed by atoms with Gasteiger partial charge in [-0.3, -0.25) is 9.69 Å². The number of nitrogens with zero attached hydrogens (tertiary/aromatic N) is 1. The van der Waals surface area contributed by atoms with Gasteiger partial charge in [0.25, 0.3) is 0 Å². The van der Waals surface area contributed by atoms with Crippen LogP contribution in [-0.2, 0) is 4.79 Å². The first kappa shape index (κ1) is 17.7. The number of benzene rings is 1. The predicted octanol–water partition coefficient (Wildman–Crippen LogP) is 5.07. The average Bonchev–Trinajstić information content (AvgIpc) is 3.17. The molecule has 0 spiro atoms. The van der Waals surface area contributed by atoms with Crippen molar-refractivity contribution in [3.8, 4) is 0 Å². The van der Waals surface area contributed by atoms with E-state index in [1.807, 2.05) is 13.0 Å². The molecule has 1 N–H and O–H groups in total. The maximum Gasteiger partial charge on any atom is 0.234 e. The molecule has 2 atom stereocenters. The van der Waals surface area contributed by atoms with E-state index in [9.17, 15) is 4.79 Å². The van der Waals surface area contributed by atoms with Crippen molar-refractivity contribution >= 4 is 40.4 Å². The number of hydrogen-bond acceptors (Lipinski definition) is 3. The Bertz CT molecular complexity index is 705. The first-order valence-electron chi connectivity index (χ1n) is 8.06. The Labute approximate surface area is 156 Å². The van der Waals surface area contributed by atoms with Crippen LogP contribution in [0.5, 0.6) is 0 Å². The Morgan fingerprint density at radius 3 is 2.96 bits per heavy atom. The molecule has 1 aromatic carbocycles. The smallest absolute Gasteiger partial charge is 0.234 e. The van der Waals surface area contributed by atoms with Crippen molar-refractivity contribution in [2.45, 2.75) is 31.8 Å². The number of thiophene rings is 1. The van der Waals surface area contributed by atoms with Crippen LogP contribution in [0, 0.1) is 0 Å². The highest BCUT2D eigenvalue weighted by Crippen LogP contribution is 2.34. The number of amides is 1. The van der Waals surface area contributed by atoms with Gasteiger partial charge in [-0.2, -0.15) is 0 Å². The molecule has 1 saturated heterocycles. The molecule has 1 aliphatic rings. The number of halogens is 2. The third-order valence-electron chi connectivity index (χ3n) is 4.39. The molecular formula is C18H20Cl2N2OS. The molecule has 3 rings (SSSR count). The van der Waals surface area contributed by atoms with E-state index in [4.69, 9.17) is 23.2 Å². The lowest BCUT2D eigenvalue weighted by molar-refractivity contribution is -0.123. The molecule has 1 aliphatic heterocycles. The highest BCUT2D eigenvalue weighted by atomic mass is 35.5. The van der Waals surface area contributed by atoms with Crippen LogP contribution in [0.1, 0.15) is 42.3 Å². The molecule has 0 saturated carbocycles. The standard InChI is InChI=1S/C18H20Cl2N2OS/c1-12(14-7-6-13(19)10-15(14)20)21-18(23)11-22-8-2-4-16(22)17-5-3-9-24-17/h3,5-7,9-10,12,16H,2,4,8,11H2,1H3,(H,21,23)/t12-,16+/m0/s1. The monoisotopic (exact) mass is 382 g/mol. The molecule has 1 fully saturated rings. The summed E-state index contributed by atoms with van der Waals surface area (Å²) < 4.78 is 0. The van der Waals surface area contributed by atoms with Gasteiger partial charge in [0, 0.05) is 21.0 Å². The van der Waals surface area contributed by atoms with Crippen molar-refractivity contribution in [3.05, 3.63) is 56.2 Å². The lowest BCUT2D eigenvalue weighted by Crippen LogP contribution is -2.38. The maximum atomic E-state index is 12.5. The second-order valence-electron chi connectivity index (χ2n) is 6.10. The maximum absolute atomic E-state index is 12.5. The Morgan fingerprint density at radius 1 is 1.42 bits per heavy atom. The van der Waals surface area contributed by atoms with E-state index in [0.29, 0.717) is 22.6 Å². The van der Waals surface area contributed by atoms with E-state index in [2.05, 4.69) is 27.7 Å². The Morgan fingerprint density at radius 2 is 2.25 bits per heavy atom. The van der Waals surface area contributed by atoms with Crippen molar-refractivity contribution in [2.75, 3.05) is 13.1 Å². The van der Waals surface area contributed by atoms with E-state index in [0.717, 1.165) is 24.9 Å². The Hall–Kier alpha value is -1.07. The van der Waals surface area contributed by atoms with Gasteiger partial charge in [0.05, 0.1) is 12.6 Å². The van der Waals surface area contributed by atoms with Crippen LogP contribution in [0.2, 0.25) is 10.0 Å². The van der Waals surface area contributed by atoms with Gasteiger partial charge in [-0.15, -0.1) is 11.3 Å². The number of carbonyl (C=O) groups is 1.